The summed E-state index contributed by atoms with van der Waals surface area (Å²) >= 11 is 1.81. The van der Waals surface area contributed by atoms with Gasteiger partial charge >= 0.3 is 26.8 Å². The molecule has 0 unspecified atom stereocenters. The number of phenols is 1. The molecule has 0 heterocycles. The molecule has 0 spiro atoms. The Balaban J connectivity index is -0.000000132. The zero-order valence-electron chi connectivity index (χ0n) is 14.8. The molecule has 0 saturated carbocycles. The molecule has 3 N–H and O–H groups in total. The van der Waals surface area contributed by atoms with Gasteiger partial charge < -0.3 is 30.2 Å². The van der Waals surface area contributed by atoms with Crippen molar-refractivity contribution in [3.63, 3.8) is 0 Å². The fourth-order valence-corrected chi connectivity index (χ4v) is 1.52. The van der Waals surface area contributed by atoms with Gasteiger partial charge in [0, 0.05) is 14.2 Å². The van der Waals surface area contributed by atoms with Crippen LogP contribution in [0.1, 0.15) is 6.42 Å². The molecule has 2 aromatic carbocycles. The Hall–Kier alpha value is -1.17. The first-order valence-corrected chi connectivity index (χ1v) is 9.24. The summed E-state index contributed by atoms with van der Waals surface area (Å²) in [5, 5.41) is 25.4. The molecule has 3 nitrogen and oxygen atoms in total. The van der Waals surface area contributed by atoms with Gasteiger partial charge in [0.25, 0.3) is 0 Å². The van der Waals surface area contributed by atoms with Gasteiger partial charge in [-0.2, -0.15) is 6.08 Å². The van der Waals surface area contributed by atoms with Crippen LogP contribution in [0.15, 0.2) is 60.7 Å². The van der Waals surface area contributed by atoms with E-state index >= 15 is 0 Å². The monoisotopic (exact) mass is 379 g/mol. The molecule has 1 aliphatic rings. The van der Waals surface area contributed by atoms with E-state index in [9.17, 15) is 0 Å². The third-order valence-corrected chi connectivity index (χ3v) is 2.32. The first kappa shape index (κ1) is 30.7. The molecule has 5 heteroatoms. The number of fused-ring (bicyclic) bond motifs is 1. The minimum atomic E-state index is 0. The topological polar surface area (TPSA) is 60.7 Å². The van der Waals surface area contributed by atoms with Crippen molar-refractivity contribution in [3.05, 3.63) is 81.6 Å². The molecule has 3 rings (SSSR count). The van der Waals surface area contributed by atoms with E-state index in [2.05, 4.69) is 19.8 Å². The van der Waals surface area contributed by atoms with E-state index in [1.807, 2.05) is 42.5 Å². The van der Waals surface area contributed by atoms with Crippen molar-refractivity contribution in [1.82, 2.24) is 0 Å². The molecule has 1 aliphatic carbocycles. The van der Waals surface area contributed by atoms with Crippen LogP contribution >= 0.6 is 0 Å². The molecule has 2 aromatic rings. The van der Waals surface area contributed by atoms with Crippen molar-refractivity contribution in [1.29, 1.82) is 0 Å². The van der Waals surface area contributed by atoms with Gasteiger partial charge in [-0.1, -0.05) is 30.3 Å². The fourth-order valence-electron chi connectivity index (χ4n) is 1.52. The Morgan fingerprint density at radius 1 is 0.917 bits per heavy atom. The Kier molecular flexibility index (Phi) is 30.8. The van der Waals surface area contributed by atoms with Crippen LogP contribution in [0, 0.1) is 20.9 Å². The first-order chi connectivity index (χ1) is 10.9. The van der Waals surface area contributed by atoms with E-state index in [1.165, 1.54) is 0 Å². The zero-order valence-corrected chi connectivity index (χ0v) is 17.4. The van der Waals surface area contributed by atoms with Crippen molar-refractivity contribution < 1.29 is 34.5 Å². The van der Waals surface area contributed by atoms with Gasteiger partial charge in [0.2, 0.25) is 0 Å². The van der Waals surface area contributed by atoms with Crippen molar-refractivity contribution in [2.45, 2.75) is 6.42 Å². The number of hydrogen-bond acceptors (Lipinski definition) is 3. The van der Waals surface area contributed by atoms with E-state index in [1.54, 1.807) is 31.3 Å². The summed E-state index contributed by atoms with van der Waals surface area (Å²) in [7, 11) is 4.97. The van der Waals surface area contributed by atoms with E-state index in [0.717, 1.165) is 31.4 Å². The maximum absolute atomic E-state index is 9.13. The number of hydrogen-bond donors (Lipinski definition) is 3. The second-order valence-electron chi connectivity index (χ2n) is 3.53. The number of aliphatic hydroxyl groups is 2. The van der Waals surface area contributed by atoms with Crippen molar-refractivity contribution in [2.75, 3.05) is 14.2 Å². The third kappa shape index (κ3) is 14.4. The molecule has 0 atom stereocenters. The molecule has 2 radical (unpaired) electrons. The number of allylic oxidation sites excluding steroid dienone is 4. The molecule has 132 valence electrons. The van der Waals surface area contributed by atoms with E-state index in [4.69, 9.17) is 15.3 Å². The van der Waals surface area contributed by atoms with Gasteiger partial charge in [-0.25, -0.2) is 12.2 Å². The quantitative estimate of drug-likeness (QED) is 0.484. The summed E-state index contributed by atoms with van der Waals surface area (Å²) in [5.41, 5.74) is 0. The van der Waals surface area contributed by atoms with Crippen molar-refractivity contribution in [3.8, 4) is 5.75 Å². The molecular formula is C19H27O3SiTi-3. The molecule has 0 fully saturated rings. The van der Waals surface area contributed by atoms with Gasteiger partial charge in [0.05, 0.1) is 0 Å². The fraction of sp³-hybridized carbons (Fsp3) is 0.158. The summed E-state index contributed by atoms with van der Waals surface area (Å²) in [5.74, 6) is 0.323. The standard InChI is InChI=1S/C10H8O.C5H5.2CH4O.2CH3.Si.Ti/c11-10-6-5-8-3-1-2-4-9(8)7-10;1-2-4-5-3-1;2*1-2;;;;/h1-7,11H;1-3H,4H2;2*2H,1H3;2*1H3;;/q;-1;;;2*-1;;. The Morgan fingerprint density at radius 2 is 1.46 bits per heavy atom. The second-order valence-corrected chi connectivity index (χ2v) is 3.53. The van der Waals surface area contributed by atoms with Crippen LogP contribution in [0.5, 0.6) is 5.75 Å². The van der Waals surface area contributed by atoms with Gasteiger partial charge in [-0.15, -0.1) is 6.42 Å². The Morgan fingerprint density at radius 3 is 1.88 bits per heavy atom. The van der Waals surface area contributed by atoms with Crippen LogP contribution in [-0.2, 0) is 19.2 Å². The normalized spacial score (nSPS) is 8.96. The van der Waals surface area contributed by atoms with Gasteiger partial charge in [-0.05, 0) is 22.9 Å². The van der Waals surface area contributed by atoms with Crippen molar-refractivity contribution in [2.24, 2.45) is 0 Å². The summed E-state index contributed by atoms with van der Waals surface area (Å²) < 4.78 is 0. The molecule has 0 aromatic heterocycles. The third-order valence-electron chi connectivity index (χ3n) is 2.32. The van der Waals surface area contributed by atoms with Gasteiger partial charge in [0.1, 0.15) is 5.75 Å². The van der Waals surface area contributed by atoms with Crippen LogP contribution in [0.2, 0.25) is 0 Å². The maximum atomic E-state index is 9.13. The summed E-state index contributed by atoms with van der Waals surface area (Å²) in [6.45, 7) is 0. The van der Waals surface area contributed by atoms with Gasteiger partial charge in [0.15, 0.2) is 0 Å². The summed E-state index contributed by atoms with van der Waals surface area (Å²) in [6.07, 6.45) is 10.0. The second kappa shape index (κ2) is 24.1. The van der Waals surface area contributed by atoms with Crippen LogP contribution in [0.4, 0.5) is 0 Å². The number of phenolic OH excluding ortho intramolecular Hbond substituents is 1. The molecule has 24 heavy (non-hydrogen) atoms. The van der Waals surface area contributed by atoms with Crippen LogP contribution in [0.25, 0.3) is 10.8 Å². The van der Waals surface area contributed by atoms with E-state index < -0.39 is 0 Å². The number of aromatic hydroxyl groups is 1. The predicted molar refractivity (Wildman–Crippen MR) is 102 cm³/mol. The van der Waals surface area contributed by atoms with Gasteiger partial charge in [-0.3, -0.25) is 6.08 Å². The van der Waals surface area contributed by atoms with Crippen LogP contribution in [0.3, 0.4) is 0 Å². The number of aliphatic hydroxyl groups excluding tert-OH is 2. The Bertz CT molecular complexity index is 547. The number of rotatable bonds is 0. The number of benzene rings is 2. The molecule has 0 aliphatic heterocycles. The summed E-state index contributed by atoms with van der Waals surface area (Å²) in [6, 6.07) is 13.3. The summed E-state index contributed by atoms with van der Waals surface area (Å²) in [4.78, 5) is 0. The molecular weight excluding hydrogens is 352 g/mol. The predicted octanol–water partition coefficient (Wildman–Crippen LogP) is 3.59. The van der Waals surface area contributed by atoms with Crippen LogP contribution in [-0.4, -0.2) is 37.2 Å². The van der Waals surface area contributed by atoms with Crippen molar-refractivity contribution >= 4 is 18.4 Å². The van der Waals surface area contributed by atoms with E-state index in [0.29, 0.717) is 5.75 Å². The molecule has 0 amide bonds. The Labute approximate surface area is 160 Å². The minimum absolute atomic E-state index is 0. The van der Waals surface area contributed by atoms with E-state index in [-0.39, 0.29) is 14.9 Å². The zero-order chi connectivity index (χ0) is 17.2. The average molecular weight is 379 g/mol. The molecule has 0 bridgehead atoms. The van der Waals surface area contributed by atoms with Crippen LogP contribution < -0.4 is 0 Å². The first-order valence-electron chi connectivity index (χ1n) is 6.40. The average Bonchev–Trinajstić information content (AvgIpc) is 3.20. The SMILES string of the molecule is CO.CO.Oc1ccc2ccccc2c1.[C-]1=CC=CC1.[CH3-].[CH3-].[Si]=[Ti]. The molecule has 0 saturated heterocycles.